The molecule has 14 heavy (non-hydrogen) atoms. The highest BCUT2D eigenvalue weighted by atomic mass is 14.2. The Morgan fingerprint density at radius 1 is 0.929 bits per heavy atom. The molecule has 0 unspecified atom stereocenters. The van der Waals surface area contributed by atoms with Crippen LogP contribution in [0.4, 0.5) is 0 Å². The molecule has 0 N–H and O–H groups in total. The Balaban J connectivity index is 3.43. The van der Waals surface area contributed by atoms with Crippen LogP contribution in [0.25, 0.3) is 0 Å². The quantitative estimate of drug-likeness (QED) is 0.457. The normalized spacial score (nSPS) is 12.4. The monoisotopic (exact) mass is 198 g/mol. The summed E-state index contributed by atoms with van der Waals surface area (Å²) in [6.45, 7) is 11.7. The molecule has 0 bridgehead atoms. The van der Waals surface area contributed by atoms with Crippen molar-refractivity contribution in [1.29, 1.82) is 0 Å². The van der Waals surface area contributed by atoms with Crippen LogP contribution < -0.4 is 0 Å². The third kappa shape index (κ3) is 6.45. The molecule has 0 saturated carbocycles. The molecule has 0 heterocycles. The number of hydrogen-bond donors (Lipinski definition) is 0. The lowest BCUT2D eigenvalue weighted by Crippen LogP contribution is -2.13. The molecule has 0 aliphatic carbocycles. The summed E-state index contributed by atoms with van der Waals surface area (Å²) >= 11 is 0. The van der Waals surface area contributed by atoms with Crippen LogP contribution in [-0.4, -0.2) is 0 Å². The summed E-state index contributed by atoms with van der Waals surface area (Å²) in [5, 5.41) is 0. The van der Waals surface area contributed by atoms with E-state index < -0.39 is 0 Å². The molecule has 0 aromatic carbocycles. The molecule has 0 aromatic rings. The van der Waals surface area contributed by atoms with Crippen molar-refractivity contribution in [2.75, 3.05) is 0 Å². The summed E-state index contributed by atoms with van der Waals surface area (Å²) < 4.78 is 0. The van der Waals surface area contributed by atoms with Crippen LogP contribution in [-0.2, 0) is 0 Å². The van der Waals surface area contributed by atoms with Crippen molar-refractivity contribution in [3.63, 3.8) is 0 Å². The summed E-state index contributed by atoms with van der Waals surface area (Å²) in [5.74, 6) is 0.888. The van der Waals surface area contributed by atoms with Crippen LogP contribution in [0, 0.1) is 11.3 Å². The lowest BCUT2D eigenvalue weighted by molar-refractivity contribution is 0.261. The molecule has 0 rings (SSSR count). The second-order valence-corrected chi connectivity index (χ2v) is 5.51. The summed E-state index contributed by atoms with van der Waals surface area (Å²) in [7, 11) is 0. The van der Waals surface area contributed by atoms with Crippen LogP contribution in [0.5, 0.6) is 0 Å². The number of unbranched alkanes of at least 4 members (excludes halogenated alkanes) is 2. The molecule has 0 spiro atoms. The van der Waals surface area contributed by atoms with E-state index in [9.17, 15) is 0 Å². The van der Waals surface area contributed by atoms with Crippen LogP contribution in [0.1, 0.15) is 79.6 Å². The highest BCUT2D eigenvalue weighted by molar-refractivity contribution is 4.70. The van der Waals surface area contributed by atoms with E-state index in [1.807, 2.05) is 0 Å². The maximum absolute atomic E-state index is 2.44. The van der Waals surface area contributed by atoms with E-state index in [0.717, 1.165) is 5.92 Å². The minimum atomic E-state index is 0.623. The van der Waals surface area contributed by atoms with Gasteiger partial charge in [-0.3, -0.25) is 0 Å². The third-order valence-electron chi connectivity index (χ3n) is 3.77. The van der Waals surface area contributed by atoms with Gasteiger partial charge in [0.25, 0.3) is 0 Å². The molecule has 0 amide bonds. The molecule has 0 saturated heterocycles. The molecule has 0 heteroatoms. The Hall–Kier alpha value is 0. The van der Waals surface area contributed by atoms with Gasteiger partial charge < -0.3 is 0 Å². The van der Waals surface area contributed by atoms with Gasteiger partial charge >= 0.3 is 0 Å². The zero-order chi connectivity index (χ0) is 11.0. The van der Waals surface area contributed by atoms with Gasteiger partial charge in [0.1, 0.15) is 0 Å². The topological polar surface area (TPSA) is 0 Å². The van der Waals surface area contributed by atoms with Gasteiger partial charge in [-0.2, -0.15) is 0 Å². The fourth-order valence-electron chi connectivity index (χ4n) is 1.88. The zero-order valence-corrected chi connectivity index (χ0v) is 11.0. The first-order valence-electron chi connectivity index (χ1n) is 6.54. The molecule has 0 aromatic heterocycles. The van der Waals surface area contributed by atoms with Crippen LogP contribution >= 0.6 is 0 Å². The summed E-state index contributed by atoms with van der Waals surface area (Å²) in [5.41, 5.74) is 0.623. The van der Waals surface area contributed by atoms with E-state index >= 15 is 0 Å². The van der Waals surface area contributed by atoms with Crippen molar-refractivity contribution >= 4 is 0 Å². The Kier molecular flexibility index (Phi) is 7.31. The predicted octanol–water partition coefficient (Wildman–Crippen LogP) is 5.42. The van der Waals surface area contributed by atoms with E-state index in [4.69, 9.17) is 0 Å². The van der Waals surface area contributed by atoms with Crippen LogP contribution in [0.15, 0.2) is 0 Å². The van der Waals surface area contributed by atoms with Crippen LogP contribution in [0.3, 0.4) is 0 Å². The number of rotatable bonds is 8. The second-order valence-electron chi connectivity index (χ2n) is 5.51. The van der Waals surface area contributed by atoms with Gasteiger partial charge in [-0.25, -0.2) is 0 Å². The van der Waals surface area contributed by atoms with Crippen molar-refractivity contribution in [3.8, 4) is 0 Å². The summed E-state index contributed by atoms with van der Waals surface area (Å²) in [6.07, 6.45) is 9.83. The molecular weight excluding hydrogens is 168 g/mol. The zero-order valence-electron chi connectivity index (χ0n) is 11.0. The molecule has 0 aliphatic heterocycles. The maximum Gasteiger partial charge on any atom is -0.0331 e. The van der Waals surface area contributed by atoms with Gasteiger partial charge in [-0.15, -0.1) is 0 Å². The van der Waals surface area contributed by atoms with E-state index in [1.165, 1.54) is 44.9 Å². The van der Waals surface area contributed by atoms with Crippen molar-refractivity contribution in [2.45, 2.75) is 79.6 Å². The van der Waals surface area contributed by atoms with Crippen molar-refractivity contribution in [2.24, 2.45) is 11.3 Å². The Morgan fingerprint density at radius 3 is 1.93 bits per heavy atom. The standard InChI is InChI=1S/C14H30/c1-6-14(5,7-2)12-10-8-9-11-13(3)4/h13H,6-12H2,1-5H3. The average Bonchev–Trinajstić information content (AvgIpc) is 2.16. The minimum Gasteiger partial charge on any atom is -0.0649 e. The van der Waals surface area contributed by atoms with E-state index in [1.54, 1.807) is 0 Å². The van der Waals surface area contributed by atoms with Gasteiger partial charge in [0, 0.05) is 0 Å². The summed E-state index contributed by atoms with van der Waals surface area (Å²) in [4.78, 5) is 0. The predicted molar refractivity (Wildman–Crippen MR) is 66.6 cm³/mol. The lowest BCUT2D eigenvalue weighted by Gasteiger charge is -2.26. The van der Waals surface area contributed by atoms with Crippen molar-refractivity contribution in [1.82, 2.24) is 0 Å². The van der Waals surface area contributed by atoms with Gasteiger partial charge in [0.15, 0.2) is 0 Å². The second kappa shape index (κ2) is 7.31. The molecule has 0 radical (unpaired) electrons. The number of hydrogen-bond acceptors (Lipinski definition) is 0. The molecule has 86 valence electrons. The van der Waals surface area contributed by atoms with Gasteiger partial charge in [-0.1, -0.05) is 73.1 Å². The highest BCUT2D eigenvalue weighted by Gasteiger charge is 2.18. The fourth-order valence-corrected chi connectivity index (χ4v) is 1.88. The first kappa shape index (κ1) is 14.0. The smallest absolute Gasteiger partial charge is 0.0331 e. The van der Waals surface area contributed by atoms with Crippen LogP contribution in [0.2, 0.25) is 0 Å². The Bertz CT molecular complexity index is 120. The average molecular weight is 198 g/mol. The van der Waals surface area contributed by atoms with Gasteiger partial charge in [0.2, 0.25) is 0 Å². The molecule has 0 fully saturated rings. The Morgan fingerprint density at radius 2 is 1.50 bits per heavy atom. The SMILES string of the molecule is CCC(C)(CC)CCCCCC(C)C. The first-order chi connectivity index (χ1) is 6.54. The van der Waals surface area contributed by atoms with Gasteiger partial charge in [0.05, 0.1) is 0 Å². The minimum absolute atomic E-state index is 0.623. The van der Waals surface area contributed by atoms with E-state index in [2.05, 4.69) is 34.6 Å². The van der Waals surface area contributed by atoms with Gasteiger partial charge in [-0.05, 0) is 17.8 Å². The van der Waals surface area contributed by atoms with Crippen molar-refractivity contribution in [3.05, 3.63) is 0 Å². The van der Waals surface area contributed by atoms with E-state index in [0.29, 0.717) is 5.41 Å². The van der Waals surface area contributed by atoms with Crippen molar-refractivity contribution < 1.29 is 0 Å². The molecule has 0 aliphatic rings. The third-order valence-corrected chi connectivity index (χ3v) is 3.77. The maximum atomic E-state index is 2.44. The fraction of sp³-hybridized carbons (Fsp3) is 1.00. The Labute approximate surface area is 91.5 Å². The first-order valence-corrected chi connectivity index (χ1v) is 6.54. The molecule has 0 nitrogen and oxygen atoms in total. The highest BCUT2D eigenvalue weighted by Crippen LogP contribution is 2.31. The molecule has 0 atom stereocenters. The lowest BCUT2D eigenvalue weighted by atomic mass is 9.80. The summed E-state index contributed by atoms with van der Waals surface area (Å²) in [6, 6.07) is 0. The van der Waals surface area contributed by atoms with E-state index in [-0.39, 0.29) is 0 Å². The largest absolute Gasteiger partial charge is 0.0649 e. The molecular formula is C14H30.